The molecular formula is C9H12N6. The number of likely N-dealkylation sites (N-methyl/N-ethyl adjacent to an activating group) is 1. The lowest BCUT2D eigenvalue weighted by Gasteiger charge is -2.26. The first-order chi connectivity index (χ1) is 7.38. The summed E-state index contributed by atoms with van der Waals surface area (Å²) in [4.78, 5) is 2.39. The summed E-state index contributed by atoms with van der Waals surface area (Å²) >= 11 is 0. The highest BCUT2D eigenvalue weighted by atomic mass is 15.6. The largest absolute Gasteiger partial charge is 0.299 e. The molecule has 0 spiro atoms. The van der Waals surface area contributed by atoms with Crippen LogP contribution in [0.2, 0.25) is 0 Å². The number of tetrazole rings is 1. The molecule has 3 rings (SSSR count). The molecule has 0 aromatic carbocycles. The fraction of sp³-hybridized carbons (Fsp3) is 0.556. The van der Waals surface area contributed by atoms with Crippen LogP contribution in [0.5, 0.6) is 0 Å². The van der Waals surface area contributed by atoms with Crippen LogP contribution < -0.4 is 0 Å². The molecule has 2 aromatic rings. The van der Waals surface area contributed by atoms with E-state index in [-0.39, 0.29) is 0 Å². The molecule has 0 N–H and O–H groups in total. The summed E-state index contributed by atoms with van der Waals surface area (Å²) in [7, 11) is 0. The Morgan fingerprint density at radius 1 is 1.47 bits per heavy atom. The van der Waals surface area contributed by atoms with Gasteiger partial charge in [0.05, 0.1) is 6.20 Å². The Labute approximate surface area is 86.9 Å². The van der Waals surface area contributed by atoms with Gasteiger partial charge < -0.3 is 0 Å². The SMILES string of the molecule is CCN1CCc2cnn3nnnc3c2C1. The van der Waals surface area contributed by atoms with Crippen molar-refractivity contribution < 1.29 is 0 Å². The molecule has 0 fully saturated rings. The van der Waals surface area contributed by atoms with E-state index in [9.17, 15) is 0 Å². The van der Waals surface area contributed by atoms with E-state index in [0.717, 1.165) is 31.7 Å². The molecule has 78 valence electrons. The maximum Gasteiger partial charge on any atom is 0.204 e. The molecule has 0 amide bonds. The molecule has 2 aromatic heterocycles. The van der Waals surface area contributed by atoms with Crippen LogP contribution in [-0.4, -0.2) is 43.2 Å². The average molecular weight is 204 g/mol. The van der Waals surface area contributed by atoms with Crippen molar-refractivity contribution in [3.05, 3.63) is 17.3 Å². The van der Waals surface area contributed by atoms with Crippen molar-refractivity contribution in [3.63, 3.8) is 0 Å². The monoisotopic (exact) mass is 204 g/mol. The van der Waals surface area contributed by atoms with E-state index >= 15 is 0 Å². The van der Waals surface area contributed by atoms with Crippen LogP contribution in [0.4, 0.5) is 0 Å². The van der Waals surface area contributed by atoms with Gasteiger partial charge in [-0.3, -0.25) is 4.90 Å². The molecule has 0 aliphatic carbocycles. The van der Waals surface area contributed by atoms with Gasteiger partial charge in [-0.15, -0.1) is 9.73 Å². The molecule has 0 atom stereocenters. The van der Waals surface area contributed by atoms with Gasteiger partial charge in [-0.25, -0.2) is 0 Å². The maximum absolute atomic E-state index is 4.17. The molecule has 0 unspecified atom stereocenters. The van der Waals surface area contributed by atoms with Crippen molar-refractivity contribution in [2.24, 2.45) is 0 Å². The van der Waals surface area contributed by atoms with Crippen LogP contribution in [0.15, 0.2) is 6.20 Å². The minimum absolute atomic E-state index is 0.797. The van der Waals surface area contributed by atoms with Gasteiger partial charge in [-0.1, -0.05) is 6.92 Å². The van der Waals surface area contributed by atoms with Crippen LogP contribution in [0.25, 0.3) is 5.65 Å². The smallest absolute Gasteiger partial charge is 0.204 e. The molecule has 0 saturated carbocycles. The fourth-order valence-corrected chi connectivity index (χ4v) is 2.03. The van der Waals surface area contributed by atoms with Gasteiger partial charge in [0.1, 0.15) is 0 Å². The van der Waals surface area contributed by atoms with E-state index in [1.807, 2.05) is 6.20 Å². The number of rotatable bonds is 1. The zero-order valence-electron chi connectivity index (χ0n) is 8.59. The number of aromatic nitrogens is 5. The molecule has 15 heavy (non-hydrogen) atoms. The third kappa shape index (κ3) is 1.29. The third-order valence-corrected chi connectivity index (χ3v) is 2.96. The van der Waals surface area contributed by atoms with Gasteiger partial charge in [0.15, 0.2) is 0 Å². The summed E-state index contributed by atoms with van der Waals surface area (Å²) in [5, 5.41) is 15.6. The second-order valence-electron chi connectivity index (χ2n) is 3.76. The highest BCUT2D eigenvalue weighted by Crippen LogP contribution is 2.20. The average Bonchev–Trinajstić information content (AvgIpc) is 2.76. The van der Waals surface area contributed by atoms with E-state index < -0.39 is 0 Å². The lowest BCUT2D eigenvalue weighted by Crippen LogP contribution is -2.31. The molecule has 6 heteroatoms. The van der Waals surface area contributed by atoms with Crippen molar-refractivity contribution >= 4 is 5.65 Å². The summed E-state index contributed by atoms with van der Waals surface area (Å²) in [6, 6.07) is 0. The highest BCUT2D eigenvalue weighted by Gasteiger charge is 2.19. The second-order valence-corrected chi connectivity index (χ2v) is 3.76. The van der Waals surface area contributed by atoms with Crippen molar-refractivity contribution in [1.29, 1.82) is 0 Å². The summed E-state index contributed by atoms with van der Waals surface area (Å²) in [5.74, 6) is 0. The van der Waals surface area contributed by atoms with Crippen LogP contribution in [0.1, 0.15) is 18.1 Å². The quantitative estimate of drug-likeness (QED) is 0.649. The number of fused-ring (bicyclic) bond motifs is 3. The van der Waals surface area contributed by atoms with Gasteiger partial charge in [-0.05, 0) is 29.0 Å². The Kier molecular flexibility index (Phi) is 1.88. The van der Waals surface area contributed by atoms with Gasteiger partial charge in [-0.2, -0.15) is 5.10 Å². The zero-order chi connectivity index (χ0) is 10.3. The summed E-state index contributed by atoms with van der Waals surface area (Å²) in [6.07, 6.45) is 2.92. The molecule has 0 radical (unpaired) electrons. The first kappa shape index (κ1) is 8.72. The van der Waals surface area contributed by atoms with Gasteiger partial charge in [0.2, 0.25) is 5.65 Å². The molecule has 1 aliphatic heterocycles. The Bertz CT molecular complexity index is 490. The zero-order valence-corrected chi connectivity index (χ0v) is 8.59. The predicted octanol–water partition coefficient (Wildman–Crippen LogP) is -0.103. The molecule has 0 saturated heterocycles. The predicted molar refractivity (Wildman–Crippen MR) is 53.2 cm³/mol. The van der Waals surface area contributed by atoms with E-state index in [2.05, 4.69) is 32.4 Å². The van der Waals surface area contributed by atoms with Crippen molar-refractivity contribution in [2.45, 2.75) is 19.9 Å². The van der Waals surface area contributed by atoms with E-state index in [0.29, 0.717) is 0 Å². The summed E-state index contributed by atoms with van der Waals surface area (Å²) in [6.45, 7) is 5.27. The Morgan fingerprint density at radius 3 is 3.27 bits per heavy atom. The fourth-order valence-electron chi connectivity index (χ4n) is 2.03. The van der Waals surface area contributed by atoms with Crippen LogP contribution >= 0.6 is 0 Å². The van der Waals surface area contributed by atoms with E-state index in [4.69, 9.17) is 0 Å². The molecule has 3 heterocycles. The molecule has 0 bridgehead atoms. The molecule has 1 aliphatic rings. The van der Waals surface area contributed by atoms with Gasteiger partial charge in [0.25, 0.3) is 0 Å². The van der Waals surface area contributed by atoms with Crippen LogP contribution in [-0.2, 0) is 13.0 Å². The Morgan fingerprint density at radius 2 is 2.40 bits per heavy atom. The normalized spacial score (nSPS) is 16.9. The number of hydrogen-bond acceptors (Lipinski definition) is 5. The lowest BCUT2D eigenvalue weighted by atomic mass is 10.0. The van der Waals surface area contributed by atoms with E-state index in [1.165, 1.54) is 15.8 Å². The molecular weight excluding hydrogens is 192 g/mol. The highest BCUT2D eigenvalue weighted by molar-refractivity contribution is 5.49. The minimum atomic E-state index is 0.797. The maximum atomic E-state index is 4.17. The summed E-state index contributed by atoms with van der Waals surface area (Å²) in [5.41, 5.74) is 3.30. The first-order valence-corrected chi connectivity index (χ1v) is 5.16. The number of nitrogens with zero attached hydrogens (tertiary/aromatic N) is 6. The standard InChI is InChI=1S/C9H12N6/c1-2-14-4-3-7-5-10-15-9(8(7)6-14)11-12-13-15/h5H,2-4,6H2,1H3. The van der Waals surface area contributed by atoms with Crippen molar-refractivity contribution in [1.82, 2.24) is 30.2 Å². The Balaban J connectivity index is 2.15. The van der Waals surface area contributed by atoms with Crippen molar-refractivity contribution in [3.8, 4) is 0 Å². The van der Waals surface area contributed by atoms with Crippen LogP contribution in [0, 0.1) is 0 Å². The molecule has 6 nitrogen and oxygen atoms in total. The second kappa shape index (κ2) is 3.23. The lowest BCUT2D eigenvalue weighted by molar-refractivity contribution is 0.268. The Hall–Kier alpha value is -1.56. The van der Waals surface area contributed by atoms with E-state index in [1.54, 1.807) is 0 Å². The van der Waals surface area contributed by atoms with Gasteiger partial charge >= 0.3 is 0 Å². The first-order valence-electron chi connectivity index (χ1n) is 5.16. The van der Waals surface area contributed by atoms with Gasteiger partial charge in [0, 0.05) is 18.7 Å². The van der Waals surface area contributed by atoms with Crippen molar-refractivity contribution in [2.75, 3.05) is 13.1 Å². The third-order valence-electron chi connectivity index (χ3n) is 2.96. The topological polar surface area (TPSA) is 59.2 Å². The van der Waals surface area contributed by atoms with Crippen LogP contribution in [0.3, 0.4) is 0 Å². The summed E-state index contributed by atoms with van der Waals surface area (Å²) < 4.78 is 1.50. The minimum Gasteiger partial charge on any atom is -0.299 e. The number of hydrogen-bond donors (Lipinski definition) is 0.